The number of imide groups is 1. The second-order valence-corrected chi connectivity index (χ2v) is 4.09. The molecule has 0 bridgehead atoms. The molecule has 1 heterocycles. The maximum atomic E-state index is 11.9. The van der Waals surface area contributed by atoms with E-state index in [1.807, 2.05) is 20.8 Å². The molecule has 0 saturated heterocycles. The largest absolute Gasteiger partial charge is 0.269 e. The number of hydrogen-bond donors (Lipinski definition) is 0. The van der Waals surface area contributed by atoms with Gasteiger partial charge in [0.05, 0.1) is 5.54 Å². The molecule has 0 aromatic heterocycles. The molecule has 3 nitrogen and oxygen atoms in total. The smallest absolute Gasteiger partial charge is 0.257 e. The quantitative estimate of drug-likeness (QED) is 0.666. The molecule has 0 aromatic rings. The fraction of sp³-hybridized carbons (Fsp3) is 0.667. The topological polar surface area (TPSA) is 37.4 Å². The van der Waals surface area contributed by atoms with Gasteiger partial charge in [-0.05, 0) is 26.2 Å². The number of carbonyl (C=O) groups excluding carboxylic acids is 2. The normalized spacial score (nSPS) is 17.3. The lowest BCUT2D eigenvalue weighted by molar-refractivity contribution is -0.145. The van der Waals surface area contributed by atoms with Crippen LogP contribution < -0.4 is 0 Å². The Balaban J connectivity index is 3.07. The fourth-order valence-electron chi connectivity index (χ4n) is 2.26. The zero-order valence-corrected chi connectivity index (χ0v) is 9.96. The standard InChI is InChI=1S/C12H19NO2/c1-5-12(6-2,7-3)13-10(14)8-9(4)11(13)15/h8H,5-7H2,1-4H3. The molecule has 0 aliphatic carbocycles. The number of rotatable bonds is 4. The monoisotopic (exact) mass is 209 g/mol. The van der Waals surface area contributed by atoms with Crippen molar-refractivity contribution >= 4 is 11.8 Å². The Morgan fingerprint density at radius 3 is 1.87 bits per heavy atom. The van der Waals surface area contributed by atoms with Crippen LogP contribution in [-0.4, -0.2) is 22.3 Å². The summed E-state index contributed by atoms with van der Waals surface area (Å²) in [5.41, 5.74) is 0.266. The van der Waals surface area contributed by atoms with Crippen molar-refractivity contribution in [1.29, 1.82) is 0 Å². The minimum atomic E-state index is -0.289. The lowest BCUT2D eigenvalue weighted by atomic mass is 9.87. The fourth-order valence-corrected chi connectivity index (χ4v) is 2.26. The first-order valence-electron chi connectivity index (χ1n) is 5.59. The molecule has 0 unspecified atom stereocenters. The molecule has 1 rings (SSSR count). The van der Waals surface area contributed by atoms with Crippen LogP contribution in [-0.2, 0) is 9.59 Å². The number of hydrogen-bond acceptors (Lipinski definition) is 2. The van der Waals surface area contributed by atoms with E-state index in [4.69, 9.17) is 0 Å². The van der Waals surface area contributed by atoms with Gasteiger partial charge in [0.15, 0.2) is 0 Å². The third kappa shape index (κ3) is 1.71. The van der Waals surface area contributed by atoms with Crippen molar-refractivity contribution in [3.8, 4) is 0 Å². The third-order valence-electron chi connectivity index (χ3n) is 3.55. The summed E-state index contributed by atoms with van der Waals surface area (Å²) in [7, 11) is 0. The van der Waals surface area contributed by atoms with E-state index >= 15 is 0 Å². The summed E-state index contributed by atoms with van der Waals surface area (Å²) in [5.74, 6) is -0.270. The molecule has 0 fully saturated rings. The van der Waals surface area contributed by atoms with E-state index in [-0.39, 0.29) is 17.4 Å². The van der Waals surface area contributed by atoms with E-state index in [1.54, 1.807) is 6.92 Å². The Morgan fingerprint density at radius 2 is 1.60 bits per heavy atom. The van der Waals surface area contributed by atoms with Gasteiger partial charge in [-0.15, -0.1) is 0 Å². The first-order valence-corrected chi connectivity index (χ1v) is 5.59. The predicted molar refractivity (Wildman–Crippen MR) is 59.2 cm³/mol. The summed E-state index contributed by atoms with van der Waals surface area (Å²) < 4.78 is 0. The third-order valence-corrected chi connectivity index (χ3v) is 3.55. The van der Waals surface area contributed by atoms with Crippen LogP contribution in [0.2, 0.25) is 0 Å². The van der Waals surface area contributed by atoms with E-state index in [0.29, 0.717) is 5.57 Å². The Bertz CT molecular complexity index is 305. The highest BCUT2D eigenvalue weighted by molar-refractivity contribution is 6.16. The lowest BCUT2D eigenvalue weighted by Crippen LogP contribution is -2.51. The molecular formula is C12H19NO2. The number of amides is 2. The van der Waals surface area contributed by atoms with Crippen molar-refractivity contribution in [2.75, 3.05) is 0 Å². The zero-order chi connectivity index (χ0) is 11.6. The van der Waals surface area contributed by atoms with E-state index in [9.17, 15) is 9.59 Å². The molecule has 2 amide bonds. The van der Waals surface area contributed by atoms with Crippen LogP contribution in [0.25, 0.3) is 0 Å². The van der Waals surface area contributed by atoms with E-state index in [1.165, 1.54) is 11.0 Å². The van der Waals surface area contributed by atoms with Crippen molar-refractivity contribution < 1.29 is 9.59 Å². The van der Waals surface area contributed by atoms with Crippen molar-refractivity contribution in [1.82, 2.24) is 4.90 Å². The first-order chi connectivity index (χ1) is 7.02. The molecule has 0 aromatic carbocycles. The van der Waals surface area contributed by atoms with Gasteiger partial charge in [0, 0.05) is 11.6 Å². The van der Waals surface area contributed by atoms with Gasteiger partial charge in [0.25, 0.3) is 11.8 Å². The SMILES string of the molecule is CCC(CC)(CC)N1C(=O)C=C(C)C1=O. The Hall–Kier alpha value is -1.12. The highest BCUT2D eigenvalue weighted by Crippen LogP contribution is 2.32. The van der Waals surface area contributed by atoms with Crippen molar-refractivity contribution in [2.45, 2.75) is 52.5 Å². The maximum absolute atomic E-state index is 11.9. The summed E-state index contributed by atoms with van der Waals surface area (Å²) in [5, 5.41) is 0. The average molecular weight is 209 g/mol. The molecular weight excluding hydrogens is 190 g/mol. The average Bonchev–Trinajstić information content (AvgIpc) is 2.48. The van der Waals surface area contributed by atoms with Crippen LogP contribution in [0.5, 0.6) is 0 Å². The van der Waals surface area contributed by atoms with Gasteiger partial charge in [-0.25, -0.2) is 0 Å². The van der Waals surface area contributed by atoms with Crippen LogP contribution in [0.1, 0.15) is 47.0 Å². The summed E-state index contributed by atoms with van der Waals surface area (Å²) in [4.78, 5) is 25.1. The molecule has 0 atom stereocenters. The summed E-state index contributed by atoms with van der Waals surface area (Å²) in [6, 6.07) is 0. The van der Waals surface area contributed by atoms with Crippen molar-refractivity contribution in [2.24, 2.45) is 0 Å². The van der Waals surface area contributed by atoms with Gasteiger partial charge in [-0.2, -0.15) is 0 Å². The van der Waals surface area contributed by atoms with Crippen LogP contribution >= 0.6 is 0 Å². The van der Waals surface area contributed by atoms with Gasteiger partial charge < -0.3 is 0 Å². The highest BCUT2D eigenvalue weighted by Gasteiger charge is 2.42. The van der Waals surface area contributed by atoms with Crippen LogP contribution in [0.3, 0.4) is 0 Å². The predicted octanol–water partition coefficient (Wildman–Crippen LogP) is 2.27. The zero-order valence-electron chi connectivity index (χ0n) is 9.96. The van der Waals surface area contributed by atoms with Crippen LogP contribution in [0, 0.1) is 0 Å². The Kier molecular flexibility index (Phi) is 3.32. The minimum absolute atomic E-state index is 0.120. The van der Waals surface area contributed by atoms with Crippen molar-refractivity contribution in [3.05, 3.63) is 11.6 Å². The molecule has 1 aliphatic rings. The van der Waals surface area contributed by atoms with E-state index < -0.39 is 0 Å². The Labute approximate surface area is 91.1 Å². The second-order valence-electron chi connectivity index (χ2n) is 4.09. The van der Waals surface area contributed by atoms with Gasteiger partial charge >= 0.3 is 0 Å². The first kappa shape index (κ1) is 12.0. The summed E-state index contributed by atoms with van der Waals surface area (Å²) >= 11 is 0. The second kappa shape index (κ2) is 4.17. The molecule has 0 radical (unpaired) electrons. The highest BCUT2D eigenvalue weighted by atomic mass is 16.2. The summed E-state index contributed by atoms with van der Waals surface area (Å²) in [6.07, 6.45) is 3.90. The summed E-state index contributed by atoms with van der Waals surface area (Å²) in [6.45, 7) is 7.79. The van der Waals surface area contributed by atoms with Gasteiger partial charge in [-0.1, -0.05) is 20.8 Å². The minimum Gasteiger partial charge on any atom is -0.269 e. The molecule has 15 heavy (non-hydrogen) atoms. The van der Waals surface area contributed by atoms with E-state index in [2.05, 4.69) is 0 Å². The molecule has 3 heteroatoms. The molecule has 0 N–H and O–H groups in total. The van der Waals surface area contributed by atoms with Gasteiger partial charge in [0.2, 0.25) is 0 Å². The number of carbonyl (C=O) groups is 2. The van der Waals surface area contributed by atoms with Crippen LogP contribution in [0.15, 0.2) is 11.6 Å². The van der Waals surface area contributed by atoms with Crippen LogP contribution in [0.4, 0.5) is 0 Å². The molecule has 0 saturated carbocycles. The maximum Gasteiger partial charge on any atom is 0.257 e. The van der Waals surface area contributed by atoms with E-state index in [0.717, 1.165) is 19.3 Å². The van der Waals surface area contributed by atoms with Gasteiger partial charge in [-0.3, -0.25) is 14.5 Å². The molecule has 84 valence electrons. The number of nitrogens with zero attached hydrogens (tertiary/aromatic N) is 1. The molecule has 1 aliphatic heterocycles. The van der Waals surface area contributed by atoms with Gasteiger partial charge in [0.1, 0.15) is 0 Å². The van der Waals surface area contributed by atoms with Crippen molar-refractivity contribution in [3.63, 3.8) is 0 Å². The Morgan fingerprint density at radius 1 is 1.13 bits per heavy atom. The lowest BCUT2D eigenvalue weighted by Gasteiger charge is -2.38. The molecule has 0 spiro atoms.